The number of piperazine rings is 1. The maximum absolute atomic E-state index is 12.2. The highest BCUT2D eigenvalue weighted by Gasteiger charge is 2.21. The predicted molar refractivity (Wildman–Crippen MR) is 70.7 cm³/mol. The minimum Gasteiger partial charge on any atom is -0.486 e. The molecular formula is C14H16N2O4. The first-order valence-electron chi connectivity index (χ1n) is 6.65. The van der Waals surface area contributed by atoms with E-state index in [0.717, 1.165) is 5.56 Å². The Balaban J connectivity index is 1.68. The summed E-state index contributed by atoms with van der Waals surface area (Å²) in [5.74, 6) is 1.24. The number of fused-ring (bicyclic) bond motifs is 1. The van der Waals surface area contributed by atoms with Gasteiger partial charge in [-0.15, -0.1) is 0 Å². The van der Waals surface area contributed by atoms with Crippen molar-refractivity contribution >= 4 is 11.8 Å². The fourth-order valence-electron chi connectivity index (χ4n) is 2.34. The third-order valence-electron chi connectivity index (χ3n) is 3.35. The van der Waals surface area contributed by atoms with Crippen molar-refractivity contribution in [2.75, 3.05) is 32.8 Å². The molecule has 1 aromatic carbocycles. The van der Waals surface area contributed by atoms with Crippen molar-refractivity contribution in [1.82, 2.24) is 10.2 Å². The van der Waals surface area contributed by atoms with Crippen molar-refractivity contribution < 1.29 is 19.1 Å². The van der Waals surface area contributed by atoms with Crippen LogP contribution in [0.4, 0.5) is 0 Å². The molecule has 3 rings (SSSR count). The van der Waals surface area contributed by atoms with Crippen molar-refractivity contribution in [2.24, 2.45) is 0 Å². The summed E-state index contributed by atoms with van der Waals surface area (Å²) in [5, 5.41) is 2.70. The smallest absolute Gasteiger partial charge is 0.239 e. The van der Waals surface area contributed by atoms with Gasteiger partial charge in [-0.05, 0) is 17.7 Å². The second kappa shape index (κ2) is 5.40. The van der Waals surface area contributed by atoms with Crippen LogP contribution >= 0.6 is 0 Å². The number of carbonyl (C=O) groups is 2. The van der Waals surface area contributed by atoms with Crippen molar-refractivity contribution in [1.29, 1.82) is 0 Å². The van der Waals surface area contributed by atoms with Crippen LogP contribution in [-0.2, 0) is 16.0 Å². The molecular weight excluding hydrogens is 260 g/mol. The van der Waals surface area contributed by atoms with E-state index in [-0.39, 0.29) is 24.8 Å². The third kappa shape index (κ3) is 2.68. The SMILES string of the molecule is O=C1CN(C(=O)Cc2ccc3c(c2)OCCO3)CCN1. The average molecular weight is 276 g/mol. The summed E-state index contributed by atoms with van der Waals surface area (Å²) in [7, 11) is 0. The Morgan fingerprint density at radius 2 is 2.05 bits per heavy atom. The van der Waals surface area contributed by atoms with Gasteiger partial charge < -0.3 is 19.7 Å². The molecule has 0 spiro atoms. The second-order valence-electron chi connectivity index (χ2n) is 4.82. The van der Waals surface area contributed by atoms with E-state index in [1.54, 1.807) is 4.90 Å². The van der Waals surface area contributed by atoms with Crippen molar-refractivity contribution in [2.45, 2.75) is 6.42 Å². The number of ether oxygens (including phenoxy) is 2. The van der Waals surface area contributed by atoms with Crippen LogP contribution in [0, 0.1) is 0 Å². The molecule has 2 amide bonds. The number of amides is 2. The second-order valence-corrected chi connectivity index (χ2v) is 4.82. The predicted octanol–water partition coefficient (Wildman–Crippen LogP) is -0.0413. The monoisotopic (exact) mass is 276 g/mol. The maximum Gasteiger partial charge on any atom is 0.239 e. The topological polar surface area (TPSA) is 67.9 Å². The van der Waals surface area contributed by atoms with Gasteiger partial charge in [0.05, 0.1) is 13.0 Å². The van der Waals surface area contributed by atoms with Crippen LogP contribution in [0.3, 0.4) is 0 Å². The highest BCUT2D eigenvalue weighted by Crippen LogP contribution is 2.30. The first-order valence-corrected chi connectivity index (χ1v) is 6.65. The first kappa shape index (κ1) is 12.8. The van der Waals surface area contributed by atoms with Gasteiger partial charge in [0.1, 0.15) is 13.2 Å². The Kier molecular flexibility index (Phi) is 3.45. The van der Waals surface area contributed by atoms with E-state index in [1.807, 2.05) is 18.2 Å². The van der Waals surface area contributed by atoms with E-state index in [1.165, 1.54) is 0 Å². The normalized spacial score (nSPS) is 17.6. The number of nitrogens with zero attached hydrogens (tertiary/aromatic N) is 1. The van der Waals surface area contributed by atoms with Gasteiger partial charge in [-0.1, -0.05) is 6.07 Å². The molecule has 0 aliphatic carbocycles. The Hall–Kier alpha value is -2.24. The average Bonchev–Trinajstić information content (AvgIpc) is 2.47. The summed E-state index contributed by atoms with van der Waals surface area (Å²) in [5.41, 5.74) is 0.866. The molecule has 0 radical (unpaired) electrons. The zero-order valence-corrected chi connectivity index (χ0v) is 11.1. The fraction of sp³-hybridized carbons (Fsp3) is 0.429. The van der Waals surface area contributed by atoms with Crippen LogP contribution in [0.1, 0.15) is 5.56 Å². The molecule has 2 heterocycles. The van der Waals surface area contributed by atoms with Crippen molar-refractivity contribution in [3.63, 3.8) is 0 Å². The summed E-state index contributed by atoms with van der Waals surface area (Å²) in [6.45, 7) is 2.30. The summed E-state index contributed by atoms with van der Waals surface area (Å²) >= 11 is 0. The Morgan fingerprint density at radius 1 is 1.25 bits per heavy atom. The lowest BCUT2D eigenvalue weighted by Gasteiger charge is -2.27. The van der Waals surface area contributed by atoms with Crippen LogP contribution in [0.5, 0.6) is 11.5 Å². The highest BCUT2D eigenvalue weighted by molar-refractivity contribution is 5.86. The van der Waals surface area contributed by atoms with E-state index in [0.29, 0.717) is 37.8 Å². The molecule has 0 aromatic heterocycles. The first-order chi connectivity index (χ1) is 9.72. The van der Waals surface area contributed by atoms with Crippen LogP contribution in [0.25, 0.3) is 0 Å². The Morgan fingerprint density at radius 3 is 2.85 bits per heavy atom. The lowest BCUT2D eigenvalue weighted by Crippen LogP contribution is -2.50. The van der Waals surface area contributed by atoms with Gasteiger partial charge in [-0.3, -0.25) is 9.59 Å². The van der Waals surface area contributed by atoms with Gasteiger partial charge in [-0.25, -0.2) is 0 Å². The summed E-state index contributed by atoms with van der Waals surface area (Å²) in [6, 6.07) is 5.51. The van der Waals surface area contributed by atoms with Crippen LogP contribution in [0.2, 0.25) is 0 Å². The van der Waals surface area contributed by atoms with Crippen LogP contribution < -0.4 is 14.8 Å². The number of hydrogen-bond acceptors (Lipinski definition) is 4. The molecule has 1 aromatic rings. The van der Waals surface area contributed by atoms with E-state index in [4.69, 9.17) is 9.47 Å². The van der Waals surface area contributed by atoms with Gasteiger partial charge in [0, 0.05) is 13.1 Å². The van der Waals surface area contributed by atoms with Gasteiger partial charge in [0.2, 0.25) is 11.8 Å². The zero-order valence-electron chi connectivity index (χ0n) is 11.1. The van der Waals surface area contributed by atoms with E-state index >= 15 is 0 Å². The number of benzene rings is 1. The summed E-state index contributed by atoms with van der Waals surface area (Å²) in [4.78, 5) is 25.0. The standard InChI is InChI=1S/C14H16N2O4/c17-13-9-16(4-3-15-13)14(18)8-10-1-2-11-12(7-10)20-6-5-19-11/h1-2,7H,3-6,8-9H2,(H,15,17). The molecule has 6 nitrogen and oxygen atoms in total. The molecule has 1 fully saturated rings. The number of hydrogen-bond donors (Lipinski definition) is 1. The molecule has 0 unspecified atom stereocenters. The Labute approximate surface area is 116 Å². The van der Waals surface area contributed by atoms with E-state index in [2.05, 4.69) is 5.32 Å². The zero-order chi connectivity index (χ0) is 13.9. The number of nitrogens with one attached hydrogen (secondary N) is 1. The minimum absolute atomic E-state index is 0.0449. The van der Waals surface area contributed by atoms with Gasteiger partial charge in [0.25, 0.3) is 0 Å². The van der Waals surface area contributed by atoms with Gasteiger partial charge in [-0.2, -0.15) is 0 Å². The molecule has 1 N–H and O–H groups in total. The molecule has 2 aliphatic rings. The van der Waals surface area contributed by atoms with Crippen molar-refractivity contribution in [3.8, 4) is 11.5 Å². The molecule has 0 atom stereocenters. The third-order valence-corrected chi connectivity index (χ3v) is 3.35. The van der Waals surface area contributed by atoms with Crippen LogP contribution in [0.15, 0.2) is 18.2 Å². The van der Waals surface area contributed by atoms with Gasteiger partial charge >= 0.3 is 0 Å². The minimum atomic E-state index is -0.105. The molecule has 106 valence electrons. The quantitative estimate of drug-likeness (QED) is 0.823. The largest absolute Gasteiger partial charge is 0.486 e. The molecule has 0 bridgehead atoms. The van der Waals surface area contributed by atoms with Crippen molar-refractivity contribution in [3.05, 3.63) is 23.8 Å². The molecule has 0 saturated carbocycles. The summed E-state index contributed by atoms with van der Waals surface area (Å²) < 4.78 is 10.9. The lowest BCUT2D eigenvalue weighted by atomic mass is 10.1. The maximum atomic E-state index is 12.2. The van der Waals surface area contributed by atoms with E-state index < -0.39 is 0 Å². The van der Waals surface area contributed by atoms with Gasteiger partial charge in [0.15, 0.2) is 11.5 Å². The van der Waals surface area contributed by atoms with Crippen LogP contribution in [-0.4, -0.2) is 49.6 Å². The molecule has 2 aliphatic heterocycles. The molecule has 20 heavy (non-hydrogen) atoms. The Bertz CT molecular complexity index is 544. The number of carbonyl (C=O) groups excluding carboxylic acids is 2. The number of rotatable bonds is 2. The summed E-state index contributed by atoms with van der Waals surface area (Å²) in [6.07, 6.45) is 0.268. The van der Waals surface area contributed by atoms with E-state index in [9.17, 15) is 9.59 Å². The molecule has 6 heteroatoms. The highest BCUT2D eigenvalue weighted by atomic mass is 16.6. The molecule has 1 saturated heterocycles. The lowest BCUT2D eigenvalue weighted by molar-refractivity contribution is -0.137. The fourth-order valence-corrected chi connectivity index (χ4v) is 2.34.